The second-order valence-electron chi connectivity index (χ2n) is 7.55. The summed E-state index contributed by atoms with van der Waals surface area (Å²) in [6.45, 7) is 1.48. The number of anilines is 1. The zero-order chi connectivity index (χ0) is 22.0. The van der Waals surface area contributed by atoms with E-state index in [-0.39, 0.29) is 18.2 Å². The van der Waals surface area contributed by atoms with Gasteiger partial charge in [0, 0.05) is 24.8 Å². The van der Waals surface area contributed by atoms with Crippen molar-refractivity contribution in [3.63, 3.8) is 0 Å². The van der Waals surface area contributed by atoms with Gasteiger partial charge >= 0.3 is 0 Å². The Morgan fingerprint density at radius 2 is 1.84 bits per heavy atom. The molecule has 2 aliphatic rings. The van der Waals surface area contributed by atoms with Crippen LogP contribution in [0.2, 0.25) is 10.0 Å². The Labute approximate surface area is 191 Å². The van der Waals surface area contributed by atoms with Crippen LogP contribution in [0.25, 0.3) is 0 Å². The summed E-state index contributed by atoms with van der Waals surface area (Å²) in [5.41, 5.74) is 1.14. The molecule has 7 nitrogen and oxygen atoms in total. The maximum absolute atomic E-state index is 12.9. The number of hydrogen-bond acceptors (Lipinski definition) is 5. The van der Waals surface area contributed by atoms with Gasteiger partial charge in [0.05, 0.1) is 21.7 Å². The van der Waals surface area contributed by atoms with E-state index in [1.807, 2.05) is 0 Å². The number of nitrogens with one attached hydrogen (secondary N) is 1. The first kappa shape index (κ1) is 22.2. The molecule has 31 heavy (non-hydrogen) atoms. The van der Waals surface area contributed by atoms with Crippen LogP contribution >= 0.6 is 23.2 Å². The fourth-order valence-electron chi connectivity index (χ4n) is 3.71. The first-order chi connectivity index (χ1) is 14.8. The smallest absolute Gasteiger partial charge is 0.228 e. The number of rotatable bonds is 5. The van der Waals surface area contributed by atoms with Gasteiger partial charge in [-0.1, -0.05) is 29.3 Å². The molecule has 0 unspecified atom stereocenters. The summed E-state index contributed by atoms with van der Waals surface area (Å²) in [4.78, 5) is 12.8. The van der Waals surface area contributed by atoms with Gasteiger partial charge in [0.25, 0.3) is 0 Å². The number of halogens is 2. The van der Waals surface area contributed by atoms with E-state index in [4.69, 9.17) is 32.7 Å². The van der Waals surface area contributed by atoms with Crippen molar-refractivity contribution in [3.05, 3.63) is 52.0 Å². The minimum atomic E-state index is -3.60. The highest BCUT2D eigenvalue weighted by atomic mass is 35.5. The van der Waals surface area contributed by atoms with Crippen LogP contribution in [0.5, 0.6) is 11.5 Å². The zero-order valence-electron chi connectivity index (χ0n) is 16.6. The number of fused-ring (bicyclic) bond motifs is 1. The molecule has 2 aliphatic heterocycles. The first-order valence-electron chi connectivity index (χ1n) is 9.94. The second-order valence-corrected chi connectivity index (χ2v) is 10.3. The minimum absolute atomic E-state index is 0.139. The quantitative estimate of drug-likeness (QED) is 0.694. The van der Waals surface area contributed by atoms with Crippen LogP contribution in [-0.4, -0.2) is 44.9 Å². The summed E-state index contributed by atoms with van der Waals surface area (Å²) in [6, 6.07) is 9.98. The number of nitrogens with zero attached hydrogens (tertiary/aromatic N) is 1. The van der Waals surface area contributed by atoms with Crippen molar-refractivity contribution >= 4 is 44.8 Å². The zero-order valence-corrected chi connectivity index (χ0v) is 19.0. The van der Waals surface area contributed by atoms with E-state index in [0.29, 0.717) is 65.4 Å². The van der Waals surface area contributed by atoms with Gasteiger partial charge in [0.15, 0.2) is 11.5 Å². The van der Waals surface area contributed by atoms with Crippen LogP contribution in [0.3, 0.4) is 0 Å². The molecular formula is C21H22Cl2N2O5S. The van der Waals surface area contributed by atoms with E-state index in [2.05, 4.69) is 5.32 Å². The highest BCUT2D eigenvalue weighted by Gasteiger charge is 2.32. The molecule has 2 heterocycles. The Morgan fingerprint density at radius 1 is 1.06 bits per heavy atom. The highest BCUT2D eigenvalue weighted by Crippen LogP contribution is 2.33. The predicted octanol–water partition coefficient (Wildman–Crippen LogP) is 3.95. The molecule has 0 spiro atoms. The molecule has 0 aromatic heterocycles. The Balaban J connectivity index is 1.41. The molecule has 166 valence electrons. The Kier molecular flexibility index (Phi) is 6.62. The summed E-state index contributed by atoms with van der Waals surface area (Å²) in [5, 5.41) is 3.55. The van der Waals surface area contributed by atoms with Crippen molar-refractivity contribution in [3.8, 4) is 11.5 Å². The van der Waals surface area contributed by atoms with E-state index in [9.17, 15) is 13.2 Å². The van der Waals surface area contributed by atoms with Crippen LogP contribution in [0.15, 0.2) is 36.4 Å². The van der Waals surface area contributed by atoms with Crippen molar-refractivity contribution in [1.29, 1.82) is 0 Å². The molecule has 0 saturated carbocycles. The highest BCUT2D eigenvalue weighted by molar-refractivity contribution is 7.88. The van der Waals surface area contributed by atoms with Crippen LogP contribution < -0.4 is 14.8 Å². The van der Waals surface area contributed by atoms with Gasteiger partial charge in [-0.05, 0) is 42.7 Å². The summed E-state index contributed by atoms with van der Waals surface area (Å²) < 4.78 is 38.3. The molecule has 1 saturated heterocycles. The molecule has 10 heteroatoms. The molecule has 0 bridgehead atoms. The fraction of sp³-hybridized carbons (Fsp3) is 0.381. The number of carbonyl (C=O) groups excluding carboxylic acids is 1. The molecule has 4 rings (SSSR count). The largest absolute Gasteiger partial charge is 0.486 e. The maximum Gasteiger partial charge on any atom is 0.228 e. The molecule has 0 aliphatic carbocycles. The van der Waals surface area contributed by atoms with Gasteiger partial charge in [-0.25, -0.2) is 12.7 Å². The molecule has 2 aromatic rings. The summed E-state index contributed by atoms with van der Waals surface area (Å²) in [7, 11) is -3.60. The van der Waals surface area contributed by atoms with E-state index >= 15 is 0 Å². The Bertz CT molecular complexity index is 1090. The van der Waals surface area contributed by atoms with E-state index in [1.54, 1.807) is 36.4 Å². The van der Waals surface area contributed by atoms with Crippen LogP contribution in [0.4, 0.5) is 5.69 Å². The lowest BCUT2D eigenvalue weighted by Crippen LogP contribution is -2.44. The fourth-order valence-corrected chi connectivity index (χ4v) is 5.62. The monoisotopic (exact) mass is 484 g/mol. The van der Waals surface area contributed by atoms with Gasteiger partial charge in [-0.3, -0.25) is 4.79 Å². The van der Waals surface area contributed by atoms with Crippen LogP contribution in [0.1, 0.15) is 18.4 Å². The maximum atomic E-state index is 12.9. The van der Waals surface area contributed by atoms with E-state index in [0.717, 1.165) is 0 Å². The number of sulfonamides is 1. The van der Waals surface area contributed by atoms with Gasteiger partial charge in [-0.2, -0.15) is 0 Å². The second kappa shape index (κ2) is 9.24. The van der Waals surface area contributed by atoms with Crippen LogP contribution in [0, 0.1) is 5.92 Å². The van der Waals surface area contributed by atoms with Gasteiger partial charge in [0.2, 0.25) is 15.9 Å². The third-order valence-corrected chi connectivity index (χ3v) is 7.85. The average molecular weight is 485 g/mol. The van der Waals surface area contributed by atoms with Crippen molar-refractivity contribution in [2.24, 2.45) is 5.92 Å². The lowest BCUT2D eigenvalue weighted by Gasteiger charge is -2.31. The third kappa shape index (κ3) is 5.26. The van der Waals surface area contributed by atoms with Crippen molar-refractivity contribution in [1.82, 2.24) is 4.31 Å². The van der Waals surface area contributed by atoms with E-state index < -0.39 is 15.9 Å². The molecule has 2 aromatic carbocycles. The summed E-state index contributed by atoms with van der Waals surface area (Å²) >= 11 is 11.9. The van der Waals surface area contributed by atoms with Gasteiger partial charge in [-0.15, -0.1) is 0 Å². The Morgan fingerprint density at radius 3 is 2.61 bits per heavy atom. The molecule has 1 fully saturated rings. The number of ether oxygens (including phenoxy) is 2. The minimum Gasteiger partial charge on any atom is -0.486 e. The first-order valence-corrected chi connectivity index (χ1v) is 12.3. The van der Waals surface area contributed by atoms with Gasteiger partial charge in [0.1, 0.15) is 13.2 Å². The third-order valence-electron chi connectivity index (χ3n) is 5.29. The number of piperidine rings is 1. The number of benzene rings is 2. The average Bonchev–Trinajstić information content (AvgIpc) is 2.76. The van der Waals surface area contributed by atoms with Gasteiger partial charge < -0.3 is 14.8 Å². The topological polar surface area (TPSA) is 84.9 Å². The predicted molar refractivity (Wildman–Crippen MR) is 119 cm³/mol. The van der Waals surface area contributed by atoms with Crippen molar-refractivity contribution in [2.75, 3.05) is 31.6 Å². The van der Waals surface area contributed by atoms with Crippen molar-refractivity contribution in [2.45, 2.75) is 18.6 Å². The standard InChI is InChI=1S/C21H22Cl2N2O5S/c22-17-5-3-14(10-18(17)23)13-31(27,28)25-7-1-2-15(12-25)21(26)24-16-4-6-19-20(11-16)30-9-8-29-19/h3-6,10-11,15H,1-2,7-9,12-13H2,(H,24,26)/t15-/m1/s1. The molecule has 1 amide bonds. The summed E-state index contributed by atoms with van der Waals surface area (Å²) in [6.07, 6.45) is 1.23. The summed E-state index contributed by atoms with van der Waals surface area (Å²) in [5.74, 6) is 0.372. The number of carbonyl (C=O) groups is 1. The molecular weight excluding hydrogens is 463 g/mol. The lowest BCUT2D eigenvalue weighted by molar-refractivity contribution is -0.120. The number of amides is 1. The van der Waals surface area contributed by atoms with E-state index in [1.165, 1.54) is 4.31 Å². The van der Waals surface area contributed by atoms with Crippen LogP contribution in [-0.2, 0) is 20.6 Å². The SMILES string of the molecule is O=C(Nc1ccc2c(c1)OCCO2)[C@@H]1CCCN(S(=O)(=O)Cc2ccc(Cl)c(Cl)c2)C1. The Hall–Kier alpha value is -2.00. The molecule has 1 N–H and O–H groups in total. The molecule has 1 atom stereocenters. The van der Waals surface area contributed by atoms with Crippen molar-refractivity contribution < 1.29 is 22.7 Å². The lowest BCUT2D eigenvalue weighted by atomic mass is 9.98. The molecule has 0 radical (unpaired) electrons. The normalized spacial score (nSPS) is 19.1. The number of hydrogen-bond donors (Lipinski definition) is 1.